The standard InChI is InChI=1S/C9H12F3N3OS/c10-9(11,12)7-14-8(17-15-7)13-5-6-1-3-16-4-2-6/h6H,1-5H2,(H,13,14,15). The number of rotatable bonds is 3. The van der Waals surface area contributed by atoms with Gasteiger partial charge in [-0.15, -0.1) is 0 Å². The lowest BCUT2D eigenvalue weighted by atomic mass is 10.0. The Balaban J connectivity index is 1.84. The SMILES string of the molecule is FC(F)(F)c1nsc(NCC2CCOCC2)n1. The zero-order valence-corrected chi connectivity index (χ0v) is 9.77. The fourth-order valence-electron chi connectivity index (χ4n) is 1.59. The Kier molecular flexibility index (Phi) is 3.82. The Labute approximate surface area is 100 Å². The molecule has 1 saturated heterocycles. The Morgan fingerprint density at radius 1 is 1.35 bits per heavy atom. The van der Waals surface area contributed by atoms with Crippen LogP contribution < -0.4 is 5.32 Å². The Morgan fingerprint density at radius 2 is 2.06 bits per heavy atom. The number of alkyl halides is 3. The maximum absolute atomic E-state index is 12.2. The molecule has 1 aliphatic rings. The van der Waals surface area contributed by atoms with Crippen LogP contribution in [-0.2, 0) is 10.9 Å². The average molecular weight is 267 g/mol. The summed E-state index contributed by atoms with van der Waals surface area (Å²) in [5.41, 5.74) is 0. The van der Waals surface area contributed by atoms with Crippen molar-refractivity contribution in [3.05, 3.63) is 5.82 Å². The van der Waals surface area contributed by atoms with E-state index in [0.717, 1.165) is 37.6 Å². The average Bonchev–Trinajstić information content (AvgIpc) is 2.76. The van der Waals surface area contributed by atoms with Crippen LogP contribution in [0.25, 0.3) is 0 Å². The third-order valence-corrected chi connectivity index (χ3v) is 3.24. The molecular formula is C9H12F3N3OS. The van der Waals surface area contributed by atoms with E-state index in [0.29, 0.717) is 12.5 Å². The van der Waals surface area contributed by atoms with Gasteiger partial charge in [0, 0.05) is 31.3 Å². The van der Waals surface area contributed by atoms with Crippen molar-refractivity contribution in [2.24, 2.45) is 5.92 Å². The molecule has 0 bridgehead atoms. The molecule has 96 valence electrons. The summed E-state index contributed by atoms with van der Waals surface area (Å²) in [5.74, 6) is -0.640. The van der Waals surface area contributed by atoms with E-state index in [2.05, 4.69) is 14.7 Å². The van der Waals surface area contributed by atoms with Crippen molar-refractivity contribution in [1.29, 1.82) is 0 Å². The molecule has 0 amide bonds. The minimum absolute atomic E-state index is 0.226. The molecule has 2 rings (SSSR count). The van der Waals surface area contributed by atoms with Gasteiger partial charge < -0.3 is 10.1 Å². The molecule has 0 atom stereocenters. The summed E-state index contributed by atoms with van der Waals surface area (Å²) in [5, 5.41) is 3.12. The van der Waals surface area contributed by atoms with Gasteiger partial charge in [-0.05, 0) is 18.8 Å². The predicted molar refractivity (Wildman–Crippen MR) is 56.9 cm³/mol. The molecule has 1 N–H and O–H groups in total. The molecule has 17 heavy (non-hydrogen) atoms. The van der Waals surface area contributed by atoms with E-state index < -0.39 is 12.0 Å². The van der Waals surface area contributed by atoms with E-state index in [1.807, 2.05) is 0 Å². The van der Waals surface area contributed by atoms with Gasteiger partial charge in [-0.1, -0.05) is 0 Å². The van der Waals surface area contributed by atoms with E-state index >= 15 is 0 Å². The maximum atomic E-state index is 12.2. The van der Waals surface area contributed by atoms with Crippen LogP contribution in [-0.4, -0.2) is 29.1 Å². The highest BCUT2D eigenvalue weighted by Crippen LogP contribution is 2.29. The fourth-order valence-corrected chi connectivity index (χ4v) is 2.19. The van der Waals surface area contributed by atoms with Gasteiger partial charge in [0.05, 0.1) is 0 Å². The zero-order valence-electron chi connectivity index (χ0n) is 8.96. The third kappa shape index (κ3) is 3.53. The van der Waals surface area contributed by atoms with Crippen LogP contribution in [0, 0.1) is 5.92 Å². The van der Waals surface area contributed by atoms with Crippen molar-refractivity contribution in [2.45, 2.75) is 19.0 Å². The quantitative estimate of drug-likeness (QED) is 0.913. The van der Waals surface area contributed by atoms with Crippen molar-refractivity contribution in [3.8, 4) is 0 Å². The summed E-state index contributed by atoms with van der Waals surface area (Å²) in [6.07, 6.45) is -2.61. The first-order chi connectivity index (χ1) is 8.05. The second-order valence-corrected chi connectivity index (χ2v) is 4.61. The van der Waals surface area contributed by atoms with Gasteiger partial charge in [-0.2, -0.15) is 22.5 Å². The van der Waals surface area contributed by atoms with Gasteiger partial charge in [0.15, 0.2) is 0 Å². The number of nitrogens with one attached hydrogen (secondary N) is 1. The van der Waals surface area contributed by atoms with Crippen LogP contribution >= 0.6 is 11.5 Å². The lowest BCUT2D eigenvalue weighted by molar-refractivity contribution is -0.144. The molecule has 1 aliphatic heterocycles. The molecule has 1 aromatic heterocycles. The van der Waals surface area contributed by atoms with Crippen molar-refractivity contribution < 1.29 is 17.9 Å². The van der Waals surface area contributed by atoms with Gasteiger partial charge in [-0.25, -0.2) is 0 Å². The topological polar surface area (TPSA) is 47.0 Å². The summed E-state index contributed by atoms with van der Waals surface area (Å²) in [7, 11) is 0. The lowest BCUT2D eigenvalue weighted by Gasteiger charge is -2.21. The minimum atomic E-state index is -4.46. The Bertz CT molecular complexity index is 363. The van der Waals surface area contributed by atoms with Gasteiger partial charge in [-0.3, -0.25) is 0 Å². The Hall–Kier alpha value is -0.890. The van der Waals surface area contributed by atoms with Crippen LogP contribution in [0.2, 0.25) is 0 Å². The first-order valence-electron chi connectivity index (χ1n) is 5.28. The zero-order chi connectivity index (χ0) is 12.3. The number of nitrogens with zero attached hydrogens (tertiary/aromatic N) is 2. The molecule has 0 aliphatic carbocycles. The van der Waals surface area contributed by atoms with Gasteiger partial charge in [0.2, 0.25) is 11.0 Å². The molecule has 0 radical (unpaired) electrons. The smallest absolute Gasteiger partial charge is 0.381 e. The van der Waals surface area contributed by atoms with Crippen LogP contribution in [0.15, 0.2) is 0 Å². The summed E-state index contributed by atoms with van der Waals surface area (Å²) in [4.78, 5) is 3.41. The highest BCUT2D eigenvalue weighted by molar-refractivity contribution is 7.09. The van der Waals surface area contributed by atoms with Gasteiger partial charge >= 0.3 is 6.18 Å². The third-order valence-electron chi connectivity index (χ3n) is 2.56. The molecule has 0 aromatic carbocycles. The summed E-state index contributed by atoms with van der Waals surface area (Å²) >= 11 is 0.742. The van der Waals surface area contributed by atoms with Crippen molar-refractivity contribution in [3.63, 3.8) is 0 Å². The fraction of sp³-hybridized carbons (Fsp3) is 0.778. The molecular weight excluding hydrogens is 255 g/mol. The summed E-state index contributed by atoms with van der Waals surface area (Å²) in [6.45, 7) is 2.06. The number of aromatic nitrogens is 2. The maximum Gasteiger partial charge on any atom is 0.452 e. The van der Waals surface area contributed by atoms with Gasteiger partial charge in [0.1, 0.15) is 0 Å². The number of ether oxygens (including phenoxy) is 1. The summed E-state index contributed by atoms with van der Waals surface area (Å²) < 4.78 is 45.2. The molecule has 1 fully saturated rings. The van der Waals surface area contributed by atoms with E-state index in [4.69, 9.17) is 4.74 Å². The highest BCUT2D eigenvalue weighted by Gasteiger charge is 2.36. The molecule has 0 saturated carbocycles. The molecule has 2 heterocycles. The number of hydrogen-bond acceptors (Lipinski definition) is 5. The van der Waals surface area contributed by atoms with Crippen LogP contribution in [0.4, 0.5) is 18.3 Å². The van der Waals surface area contributed by atoms with Crippen LogP contribution in [0.1, 0.15) is 18.7 Å². The van der Waals surface area contributed by atoms with E-state index in [1.165, 1.54) is 0 Å². The minimum Gasteiger partial charge on any atom is -0.381 e. The molecule has 0 spiro atoms. The molecule has 4 nitrogen and oxygen atoms in total. The van der Waals surface area contributed by atoms with Gasteiger partial charge in [0.25, 0.3) is 0 Å². The number of hydrogen-bond donors (Lipinski definition) is 1. The predicted octanol–water partition coefficient (Wildman–Crippen LogP) is 2.40. The largest absolute Gasteiger partial charge is 0.452 e. The monoisotopic (exact) mass is 267 g/mol. The van der Waals surface area contributed by atoms with Crippen LogP contribution in [0.3, 0.4) is 0 Å². The molecule has 1 aromatic rings. The van der Waals surface area contributed by atoms with Crippen molar-refractivity contribution >= 4 is 16.7 Å². The molecule has 0 unspecified atom stereocenters. The highest BCUT2D eigenvalue weighted by atomic mass is 32.1. The first kappa shape index (κ1) is 12.6. The second-order valence-electron chi connectivity index (χ2n) is 3.86. The van der Waals surface area contributed by atoms with E-state index in [9.17, 15) is 13.2 Å². The van der Waals surface area contributed by atoms with E-state index in [-0.39, 0.29) is 5.13 Å². The Morgan fingerprint density at radius 3 is 2.65 bits per heavy atom. The van der Waals surface area contributed by atoms with Crippen molar-refractivity contribution in [2.75, 3.05) is 25.1 Å². The van der Waals surface area contributed by atoms with Crippen molar-refractivity contribution in [1.82, 2.24) is 9.36 Å². The van der Waals surface area contributed by atoms with E-state index in [1.54, 1.807) is 0 Å². The summed E-state index contributed by atoms with van der Waals surface area (Å²) in [6, 6.07) is 0. The first-order valence-corrected chi connectivity index (χ1v) is 6.05. The second kappa shape index (κ2) is 5.18. The lowest BCUT2D eigenvalue weighted by Crippen LogP contribution is -2.22. The number of halogens is 3. The molecule has 8 heteroatoms. The normalized spacial score (nSPS) is 18.3. The van der Waals surface area contributed by atoms with Crippen LogP contribution in [0.5, 0.6) is 0 Å². The number of anilines is 1.